The Morgan fingerprint density at radius 2 is 2.08 bits per heavy atom. The average molecular weight is 355 g/mol. The van der Waals surface area contributed by atoms with Gasteiger partial charge < -0.3 is 5.32 Å². The molecule has 1 aliphatic carbocycles. The van der Waals surface area contributed by atoms with E-state index in [0.29, 0.717) is 19.0 Å². The van der Waals surface area contributed by atoms with Crippen LogP contribution in [-0.2, 0) is 14.8 Å². The van der Waals surface area contributed by atoms with E-state index in [2.05, 4.69) is 10.0 Å². The van der Waals surface area contributed by atoms with Crippen LogP contribution in [0.4, 0.5) is 4.39 Å². The number of amides is 1. The molecule has 24 heavy (non-hydrogen) atoms. The molecule has 0 radical (unpaired) electrons. The van der Waals surface area contributed by atoms with Gasteiger partial charge in [-0.3, -0.25) is 9.69 Å². The number of likely N-dealkylation sites (N-methyl/N-ethyl adjacent to an activating group) is 1. The van der Waals surface area contributed by atoms with Gasteiger partial charge in [0.15, 0.2) is 0 Å². The summed E-state index contributed by atoms with van der Waals surface area (Å²) < 4.78 is 41.1. The van der Waals surface area contributed by atoms with Crippen LogP contribution in [0.1, 0.15) is 12.8 Å². The Morgan fingerprint density at radius 3 is 2.71 bits per heavy atom. The van der Waals surface area contributed by atoms with Crippen molar-refractivity contribution in [1.82, 2.24) is 14.9 Å². The van der Waals surface area contributed by atoms with E-state index in [1.807, 2.05) is 4.90 Å². The van der Waals surface area contributed by atoms with Gasteiger partial charge in [0.05, 0.1) is 11.4 Å². The zero-order valence-corrected chi connectivity index (χ0v) is 14.4. The highest BCUT2D eigenvalue weighted by molar-refractivity contribution is 7.89. The quantitative estimate of drug-likeness (QED) is 0.782. The van der Waals surface area contributed by atoms with Gasteiger partial charge in [-0.15, -0.1) is 0 Å². The number of hydrogen-bond acceptors (Lipinski definition) is 4. The summed E-state index contributed by atoms with van der Waals surface area (Å²) >= 11 is 0. The molecule has 2 fully saturated rings. The van der Waals surface area contributed by atoms with Crippen molar-refractivity contribution in [2.45, 2.75) is 23.8 Å². The first-order valence-corrected chi connectivity index (χ1v) is 9.58. The Morgan fingerprint density at radius 1 is 1.33 bits per heavy atom. The second kappa shape index (κ2) is 6.78. The molecule has 1 amide bonds. The van der Waals surface area contributed by atoms with Crippen LogP contribution in [0.25, 0.3) is 0 Å². The molecular formula is C16H22FN3O3S. The number of carbonyl (C=O) groups excluding carboxylic acids is 1. The second-order valence-electron chi connectivity index (χ2n) is 6.55. The van der Waals surface area contributed by atoms with E-state index in [1.165, 1.54) is 18.2 Å². The number of halogens is 1. The molecule has 0 spiro atoms. The number of hydrogen-bond donors (Lipinski definition) is 2. The topological polar surface area (TPSA) is 78.5 Å². The molecule has 0 bridgehead atoms. The Balaban J connectivity index is 1.73. The van der Waals surface area contributed by atoms with Crippen LogP contribution in [0.2, 0.25) is 0 Å². The zero-order valence-electron chi connectivity index (χ0n) is 13.5. The first-order valence-electron chi connectivity index (χ1n) is 8.10. The van der Waals surface area contributed by atoms with Gasteiger partial charge in [-0.25, -0.2) is 17.5 Å². The Bertz CT molecular complexity index is 721. The zero-order chi connectivity index (χ0) is 17.3. The smallest absolute Gasteiger partial charge is 0.240 e. The first kappa shape index (κ1) is 17.3. The summed E-state index contributed by atoms with van der Waals surface area (Å²) in [4.78, 5) is 13.5. The summed E-state index contributed by atoms with van der Waals surface area (Å²) in [7, 11) is -2.20. The summed E-state index contributed by atoms with van der Waals surface area (Å²) in [5.74, 6) is 0.0281. The maximum atomic E-state index is 13.3. The molecular weight excluding hydrogens is 333 g/mol. The highest BCUT2D eigenvalue weighted by atomic mass is 32.2. The van der Waals surface area contributed by atoms with Gasteiger partial charge in [-0.05, 0) is 42.9 Å². The summed E-state index contributed by atoms with van der Waals surface area (Å²) in [5.41, 5.74) is 0. The molecule has 2 N–H and O–H groups in total. The van der Waals surface area contributed by atoms with Crippen molar-refractivity contribution in [2.24, 2.45) is 11.8 Å². The first-order chi connectivity index (χ1) is 11.4. The van der Waals surface area contributed by atoms with Crippen molar-refractivity contribution >= 4 is 15.9 Å². The van der Waals surface area contributed by atoms with Gasteiger partial charge in [-0.1, -0.05) is 6.07 Å². The van der Waals surface area contributed by atoms with E-state index in [4.69, 9.17) is 0 Å². The Labute approximate surface area is 141 Å². The molecule has 1 aromatic rings. The number of benzene rings is 1. The lowest BCUT2D eigenvalue weighted by atomic mass is 9.99. The minimum atomic E-state index is -3.78. The maximum absolute atomic E-state index is 13.3. The van der Waals surface area contributed by atoms with Gasteiger partial charge in [0.25, 0.3) is 0 Å². The number of nitrogens with zero attached hydrogens (tertiary/aromatic N) is 1. The van der Waals surface area contributed by atoms with Crippen LogP contribution < -0.4 is 10.0 Å². The number of rotatable bonds is 6. The fourth-order valence-corrected chi connectivity index (χ4v) is 4.66. The van der Waals surface area contributed by atoms with Crippen molar-refractivity contribution in [3.05, 3.63) is 30.1 Å². The number of sulfonamides is 1. The molecule has 2 aliphatic rings. The van der Waals surface area contributed by atoms with E-state index in [9.17, 15) is 17.6 Å². The predicted molar refractivity (Wildman–Crippen MR) is 87.2 cm³/mol. The standard InChI is InChI=1S/C16H22FN3O3S/c1-18-16(21)10-20-8-14(11-5-6-11)15(9-20)19-24(22,23)13-4-2-3-12(17)7-13/h2-4,7,11,14-15,19H,5-6,8-10H2,1H3,(H,18,21)/t14-,15+/m1/s1. The number of likely N-dealkylation sites (tertiary alicyclic amines) is 1. The minimum absolute atomic E-state index is 0.0678. The fraction of sp³-hybridized carbons (Fsp3) is 0.562. The largest absolute Gasteiger partial charge is 0.358 e. The number of carbonyl (C=O) groups is 1. The van der Waals surface area contributed by atoms with Crippen LogP contribution >= 0.6 is 0 Å². The summed E-state index contributed by atoms with van der Waals surface area (Å²) in [5, 5.41) is 2.59. The summed E-state index contributed by atoms with van der Waals surface area (Å²) in [6, 6.07) is 4.75. The normalized spacial score (nSPS) is 24.9. The van der Waals surface area contributed by atoms with Crippen LogP contribution in [0.5, 0.6) is 0 Å². The molecule has 0 unspecified atom stereocenters. The van der Waals surface area contributed by atoms with Crippen molar-refractivity contribution in [3.8, 4) is 0 Å². The van der Waals surface area contributed by atoms with Crippen LogP contribution in [-0.4, -0.2) is 51.9 Å². The molecule has 2 atom stereocenters. The third kappa shape index (κ3) is 3.93. The van der Waals surface area contributed by atoms with E-state index >= 15 is 0 Å². The highest BCUT2D eigenvalue weighted by Gasteiger charge is 2.44. The highest BCUT2D eigenvalue weighted by Crippen LogP contribution is 2.41. The van der Waals surface area contributed by atoms with E-state index in [1.54, 1.807) is 7.05 Å². The number of nitrogens with one attached hydrogen (secondary N) is 2. The molecule has 1 aromatic carbocycles. The molecule has 1 saturated heterocycles. The van der Waals surface area contributed by atoms with Crippen LogP contribution in [0.15, 0.2) is 29.2 Å². The second-order valence-corrected chi connectivity index (χ2v) is 8.27. The molecule has 6 nitrogen and oxygen atoms in total. The molecule has 1 saturated carbocycles. The van der Waals surface area contributed by atoms with Crippen LogP contribution in [0, 0.1) is 17.7 Å². The average Bonchev–Trinajstić information content (AvgIpc) is 3.30. The lowest BCUT2D eigenvalue weighted by Crippen LogP contribution is -2.41. The third-order valence-corrected chi connectivity index (χ3v) is 6.21. The monoisotopic (exact) mass is 355 g/mol. The van der Waals surface area contributed by atoms with Crippen molar-refractivity contribution in [3.63, 3.8) is 0 Å². The lowest BCUT2D eigenvalue weighted by molar-refractivity contribution is -0.121. The van der Waals surface area contributed by atoms with Gasteiger partial charge >= 0.3 is 0 Å². The van der Waals surface area contributed by atoms with Gasteiger partial charge in [0.2, 0.25) is 15.9 Å². The maximum Gasteiger partial charge on any atom is 0.240 e. The van der Waals surface area contributed by atoms with E-state index < -0.39 is 15.8 Å². The molecule has 1 aliphatic heterocycles. The summed E-state index contributed by atoms with van der Waals surface area (Å²) in [6.45, 7) is 1.45. The predicted octanol–water partition coefficient (Wildman–Crippen LogP) is 0.560. The third-order valence-electron chi connectivity index (χ3n) is 4.73. The fourth-order valence-electron chi connectivity index (χ4n) is 3.35. The van der Waals surface area contributed by atoms with Crippen molar-refractivity contribution in [2.75, 3.05) is 26.7 Å². The van der Waals surface area contributed by atoms with Crippen molar-refractivity contribution in [1.29, 1.82) is 0 Å². The Hall–Kier alpha value is -1.51. The lowest BCUT2D eigenvalue weighted by Gasteiger charge is -2.19. The Kier molecular flexibility index (Phi) is 4.89. The van der Waals surface area contributed by atoms with Crippen LogP contribution in [0.3, 0.4) is 0 Å². The molecule has 1 heterocycles. The molecule has 3 rings (SSSR count). The van der Waals surface area contributed by atoms with Crippen molar-refractivity contribution < 1.29 is 17.6 Å². The van der Waals surface area contributed by atoms with Gasteiger partial charge in [0, 0.05) is 26.2 Å². The van der Waals surface area contributed by atoms with Gasteiger partial charge in [0.1, 0.15) is 5.82 Å². The minimum Gasteiger partial charge on any atom is -0.358 e. The van der Waals surface area contributed by atoms with E-state index in [-0.39, 0.29) is 29.3 Å². The molecule has 8 heteroatoms. The van der Waals surface area contributed by atoms with E-state index in [0.717, 1.165) is 18.9 Å². The van der Waals surface area contributed by atoms with Gasteiger partial charge in [-0.2, -0.15) is 0 Å². The molecule has 132 valence electrons. The SMILES string of the molecule is CNC(=O)CN1C[C@H](NS(=O)(=O)c2cccc(F)c2)[C@@H](C2CC2)C1. The molecule has 0 aromatic heterocycles. The summed E-state index contributed by atoms with van der Waals surface area (Å²) in [6.07, 6.45) is 2.19.